The van der Waals surface area contributed by atoms with Crippen LogP contribution in [0.4, 0.5) is 0 Å². The van der Waals surface area contributed by atoms with Gasteiger partial charge in [-0.2, -0.15) is 5.26 Å². The lowest BCUT2D eigenvalue weighted by molar-refractivity contribution is -0.145. The van der Waals surface area contributed by atoms with E-state index in [-0.39, 0.29) is 24.5 Å². The topological polar surface area (TPSA) is 120 Å². The molecule has 0 aliphatic carbocycles. The van der Waals surface area contributed by atoms with Crippen LogP contribution in [-0.2, 0) is 19.1 Å². The second-order valence-electron chi connectivity index (χ2n) is 5.08. The Labute approximate surface area is 134 Å². The second kappa shape index (κ2) is 9.46. The number of aliphatic carboxylic acids is 1. The predicted octanol–water partition coefficient (Wildman–Crippen LogP) is 0.260. The molecule has 1 rings (SSSR count). The number of rotatable bonds is 7. The molecule has 0 spiro atoms. The molecular formula is C15H21N3O5. The largest absolute Gasteiger partial charge is 0.481 e. The number of likely N-dealkylation sites (tertiary alicyclic amines) is 1. The van der Waals surface area contributed by atoms with E-state index in [1.165, 1.54) is 11.1 Å². The quantitative estimate of drug-likeness (QED) is 0.298. The van der Waals surface area contributed by atoms with Gasteiger partial charge in [0.25, 0.3) is 5.91 Å². The van der Waals surface area contributed by atoms with Gasteiger partial charge >= 0.3 is 11.9 Å². The molecule has 1 heterocycles. The SMILES string of the molecule is CCOC(=O)CCN/C=C(/C#N)C(=O)N1CCC(C(=O)O)CC1. The highest BCUT2D eigenvalue weighted by molar-refractivity contribution is 5.97. The molecule has 2 N–H and O–H groups in total. The summed E-state index contributed by atoms with van der Waals surface area (Å²) in [5.41, 5.74) is -0.0670. The number of nitrogens with zero attached hydrogens (tertiary/aromatic N) is 2. The van der Waals surface area contributed by atoms with Crippen molar-refractivity contribution in [1.82, 2.24) is 10.2 Å². The van der Waals surface area contributed by atoms with Gasteiger partial charge in [0.05, 0.1) is 18.9 Å². The minimum Gasteiger partial charge on any atom is -0.481 e. The highest BCUT2D eigenvalue weighted by Crippen LogP contribution is 2.18. The lowest BCUT2D eigenvalue weighted by atomic mass is 9.97. The smallest absolute Gasteiger partial charge is 0.307 e. The number of esters is 1. The normalized spacial score (nSPS) is 15.7. The van der Waals surface area contributed by atoms with E-state index in [4.69, 9.17) is 15.1 Å². The van der Waals surface area contributed by atoms with Crippen molar-refractivity contribution in [2.45, 2.75) is 26.2 Å². The van der Waals surface area contributed by atoms with E-state index in [2.05, 4.69) is 5.32 Å². The highest BCUT2D eigenvalue weighted by atomic mass is 16.5. The first-order valence-corrected chi connectivity index (χ1v) is 7.51. The maximum Gasteiger partial charge on any atom is 0.307 e. The third kappa shape index (κ3) is 5.98. The van der Waals surface area contributed by atoms with Gasteiger partial charge in [-0.25, -0.2) is 0 Å². The molecule has 126 valence electrons. The number of nitrogens with one attached hydrogen (secondary N) is 1. The molecule has 0 atom stereocenters. The standard InChI is InChI=1S/C15H21N3O5/c1-2-23-13(19)3-6-17-10-12(9-16)14(20)18-7-4-11(5-8-18)15(21)22/h10-11,17H,2-8H2,1H3,(H,21,22)/b12-10-. The van der Waals surface area contributed by atoms with Crippen LogP contribution in [0.15, 0.2) is 11.8 Å². The molecule has 0 saturated carbocycles. The van der Waals surface area contributed by atoms with Crippen LogP contribution >= 0.6 is 0 Å². The van der Waals surface area contributed by atoms with Gasteiger partial charge in [0.1, 0.15) is 11.6 Å². The Morgan fingerprint density at radius 3 is 2.57 bits per heavy atom. The molecule has 0 aromatic rings. The summed E-state index contributed by atoms with van der Waals surface area (Å²) in [4.78, 5) is 35.7. The third-order valence-corrected chi connectivity index (χ3v) is 3.51. The highest BCUT2D eigenvalue weighted by Gasteiger charge is 2.28. The number of amides is 1. The first kappa shape index (κ1) is 18.5. The van der Waals surface area contributed by atoms with Crippen LogP contribution in [-0.4, -0.2) is 54.1 Å². The molecule has 1 aliphatic heterocycles. The van der Waals surface area contributed by atoms with Gasteiger partial charge in [-0.1, -0.05) is 0 Å². The lowest BCUT2D eigenvalue weighted by Crippen LogP contribution is -2.41. The summed E-state index contributed by atoms with van der Waals surface area (Å²) in [6.07, 6.45) is 2.19. The minimum atomic E-state index is -0.853. The number of carboxylic acid groups (broad SMARTS) is 1. The van der Waals surface area contributed by atoms with Crippen LogP contribution in [0.1, 0.15) is 26.2 Å². The number of ether oxygens (including phenoxy) is 1. The van der Waals surface area contributed by atoms with Gasteiger partial charge in [0.2, 0.25) is 0 Å². The summed E-state index contributed by atoms with van der Waals surface area (Å²) < 4.78 is 4.76. The number of hydrogen-bond acceptors (Lipinski definition) is 6. The van der Waals surface area contributed by atoms with Crippen molar-refractivity contribution in [3.05, 3.63) is 11.8 Å². The van der Waals surface area contributed by atoms with Gasteiger partial charge in [-0.15, -0.1) is 0 Å². The molecule has 0 aromatic heterocycles. The van der Waals surface area contributed by atoms with Crippen molar-refractivity contribution in [2.24, 2.45) is 5.92 Å². The maximum absolute atomic E-state index is 12.2. The fourth-order valence-electron chi connectivity index (χ4n) is 2.22. The molecule has 8 nitrogen and oxygen atoms in total. The predicted molar refractivity (Wildman–Crippen MR) is 79.9 cm³/mol. The fraction of sp³-hybridized carbons (Fsp3) is 0.600. The molecule has 1 saturated heterocycles. The van der Waals surface area contributed by atoms with Crippen LogP contribution in [0.3, 0.4) is 0 Å². The summed E-state index contributed by atoms with van der Waals surface area (Å²) in [6.45, 7) is 2.92. The zero-order valence-electron chi connectivity index (χ0n) is 13.1. The maximum atomic E-state index is 12.2. The zero-order valence-corrected chi connectivity index (χ0v) is 13.1. The number of piperidine rings is 1. The Morgan fingerprint density at radius 2 is 2.04 bits per heavy atom. The average Bonchev–Trinajstić information content (AvgIpc) is 2.54. The molecule has 0 bridgehead atoms. The van der Waals surface area contributed by atoms with E-state index < -0.39 is 17.8 Å². The number of hydrogen-bond donors (Lipinski definition) is 2. The van der Waals surface area contributed by atoms with E-state index in [1.54, 1.807) is 6.92 Å². The molecule has 8 heteroatoms. The summed E-state index contributed by atoms with van der Waals surface area (Å²) in [5.74, 6) is -2.07. The third-order valence-electron chi connectivity index (χ3n) is 3.51. The van der Waals surface area contributed by atoms with Crippen molar-refractivity contribution in [1.29, 1.82) is 5.26 Å². The van der Waals surface area contributed by atoms with Gasteiger partial charge in [-0.05, 0) is 19.8 Å². The summed E-state index contributed by atoms with van der Waals surface area (Å²) in [7, 11) is 0. The lowest BCUT2D eigenvalue weighted by Gasteiger charge is -2.29. The van der Waals surface area contributed by atoms with E-state index >= 15 is 0 Å². The molecule has 1 amide bonds. The molecule has 0 unspecified atom stereocenters. The van der Waals surface area contributed by atoms with Gasteiger partial charge < -0.3 is 20.1 Å². The van der Waals surface area contributed by atoms with Gasteiger partial charge in [0.15, 0.2) is 0 Å². The minimum absolute atomic E-state index is 0.0670. The Balaban J connectivity index is 2.46. The molecular weight excluding hydrogens is 302 g/mol. The summed E-state index contributed by atoms with van der Waals surface area (Å²) >= 11 is 0. The van der Waals surface area contributed by atoms with Crippen LogP contribution < -0.4 is 5.32 Å². The van der Waals surface area contributed by atoms with E-state index in [0.29, 0.717) is 32.5 Å². The van der Waals surface area contributed by atoms with Crippen LogP contribution in [0.5, 0.6) is 0 Å². The molecule has 0 aromatic carbocycles. The van der Waals surface area contributed by atoms with E-state index in [1.807, 2.05) is 6.07 Å². The molecule has 1 fully saturated rings. The van der Waals surface area contributed by atoms with Gasteiger partial charge in [0, 0.05) is 25.8 Å². The Hall–Kier alpha value is -2.56. The molecule has 0 radical (unpaired) electrons. The van der Waals surface area contributed by atoms with E-state index in [0.717, 1.165) is 0 Å². The monoisotopic (exact) mass is 323 g/mol. The van der Waals surface area contributed by atoms with Crippen molar-refractivity contribution < 1.29 is 24.2 Å². The first-order chi connectivity index (χ1) is 11.0. The summed E-state index contributed by atoms with van der Waals surface area (Å²) in [6, 6.07) is 1.82. The van der Waals surface area contributed by atoms with Gasteiger partial charge in [-0.3, -0.25) is 14.4 Å². The number of carboxylic acids is 1. The van der Waals surface area contributed by atoms with Crippen molar-refractivity contribution in [3.63, 3.8) is 0 Å². The number of carbonyl (C=O) groups is 3. The first-order valence-electron chi connectivity index (χ1n) is 7.51. The van der Waals surface area contributed by atoms with Crippen molar-refractivity contribution >= 4 is 17.8 Å². The molecule has 23 heavy (non-hydrogen) atoms. The summed E-state index contributed by atoms with van der Waals surface area (Å²) in [5, 5.41) is 20.7. The average molecular weight is 323 g/mol. The van der Waals surface area contributed by atoms with Crippen molar-refractivity contribution in [3.8, 4) is 6.07 Å². The Bertz CT molecular complexity index is 516. The van der Waals surface area contributed by atoms with Crippen molar-refractivity contribution in [2.75, 3.05) is 26.2 Å². The van der Waals surface area contributed by atoms with Crippen LogP contribution in [0, 0.1) is 17.2 Å². The Morgan fingerprint density at radius 1 is 1.39 bits per heavy atom. The number of nitriles is 1. The van der Waals surface area contributed by atoms with E-state index in [9.17, 15) is 14.4 Å². The number of carbonyl (C=O) groups excluding carboxylic acids is 2. The van der Waals surface area contributed by atoms with Crippen LogP contribution in [0.25, 0.3) is 0 Å². The molecule has 1 aliphatic rings. The van der Waals surface area contributed by atoms with Crippen LogP contribution in [0.2, 0.25) is 0 Å². The fourth-order valence-corrected chi connectivity index (χ4v) is 2.22. The second-order valence-corrected chi connectivity index (χ2v) is 5.08. The zero-order chi connectivity index (χ0) is 17.2. The Kier molecular flexibility index (Phi) is 7.60.